The van der Waals surface area contributed by atoms with Crippen molar-refractivity contribution in [2.24, 2.45) is 0 Å². The van der Waals surface area contributed by atoms with Gasteiger partial charge >= 0.3 is 12.1 Å². The fourth-order valence-corrected chi connectivity index (χ4v) is 8.55. The van der Waals surface area contributed by atoms with E-state index in [0.717, 1.165) is 21.9 Å². The Labute approximate surface area is 357 Å². The van der Waals surface area contributed by atoms with Gasteiger partial charge < -0.3 is 29.6 Å². The van der Waals surface area contributed by atoms with Crippen LogP contribution in [-0.4, -0.2) is 76.4 Å². The van der Waals surface area contributed by atoms with Gasteiger partial charge in [0.2, 0.25) is 5.91 Å². The summed E-state index contributed by atoms with van der Waals surface area (Å²) in [5.41, 5.74) is 1.60. The molecule has 0 aliphatic carbocycles. The molecule has 16 nitrogen and oxygen atoms in total. The minimum absolute atomic E-state index is 0.156. The van der Waals surface area contributed by atoms with Gasteiger partial charge in [-0.05, 0) is 0 Å². The Bertz CT molecular complexity index is 2460. The summed E-state index contributed by atoms with van der Waals surface area (Å²) in [7, 11) is 7.81. The second-order valence-electron chi connectivity index (χ2n) is 13.0. The first-order valence-electron chi connectivity index (χ1n) is 16.9. The number of anilines is 6. The number of urea groups is 2. The van der Waals surface area contributed by atoms with Crippen LogP contribution in [0.4, 0.5) is 61.5 Å². The third-order valence-corrected chi connectivity index (χ3v) is 12.2. The van der Waals surface area contributed by atoms with E-state index >= 15 is 0 Å². The molecule has 2 N–H and O–H groups in total. The molecular formula is C36H29Br3F4N8O8. The SMILES string of the molecule is COc1cc(OC)c(F)c(N2Cc3cnc4c(c3N(C)C2=O)C(Br)(Br)C(=O)N4)c1F.COc1cc(OC)c(F)c(N2Cc3cnc4c(c3N(C)C2=O)C(Br)C(=O)N4)c1F. The molecule has 6 heterocycles. The number of ether oxygens (including phenoxy) is 4. The second-order valence-corrected chi connectivity index (χ2v) is 17.4. The van der Waals surface area contributed by atoms with E-state index in [0.29, 0.717) is 39.4 Å². The van der Waals surface area contributed by atoms with E-state index in [1.807, 2.05) is 0 Å². The first-order valence-corrected chi connectivity index (χ1v) is 19.4. The average molecular weight is 1020 g/mol. The van der Waals surface area contributed by atoms with E-state index < -0.39 is 60.7 Å². The number of halogens is 7. The highest BCUT2D eigenvalue weighted by atomic mass is 79.9. The molecule has 2 aromatic carbocycles. The van der Waals surface area contributed by atoms with Gasteiger partial charge in [-0.25, -0.2) is 37.1 Å². The van der Waals surface area contributed by atoms with Crippen LogP contribution in [0.25, 0.3) is 0 Å². The van der Waals surface area contributed by atoms with Crippen molar-refractivity contribution in [3.05, 3.63) is 70.0 Å². The van der Waals surface area contributed by atoms with Crippen LogP contribution in [0.2, 0.25) is 0 Å². The van der Waals surface area contributed by atoms with Crippen LogP contribution in [0.5, 0.6) is 23.0 Å². The van der Waals surface area contributed by atoms with Gasteiger partial charge in [0, 0.05) is 55.3 Å². The molecule has 23 heteroatoms. The van der Waals surface area contributed by atoms with Crippen LogP contribution in [0.3, 0.4) is 0 Å². The van der Waals surface area contributed by atoms with Crippen molar-refractivity contribution in [2.45, 2.75) is 21.2 Å². The minimum atomic E-state index is -1.29. The number of alkyl halides is 3. The molecule has 0 bridgehead atoms. The maximum absolute atomic E-state index is 15.0. The van der Waals surface area contributed by atoms with Gasteiger partial charge in [0.05, 0.1) is 58.5 Å². The number of aromatic nitrogens is 2. The van der Waals surface area contributed by atoms with Crippen LogP contribution < -0.4 is 49.2 Å². The average Bonchev–Trinajstić information content (AvgIpc) is 3.63. The van der Waals surface area contributed by atoms with Gasteiger partial charge in [0.1, 0.15) is 27.8 Å². The summed E-state index contributed by atoms with van der Waals surface area (Å²) in [4.78, 5) is 62.5. The number of methoxy groups -OCH3 is 4. The molecule has 8 rings (SSSR count). The first kappa shape index (κ1) is 41.7. The normalized spacial score (nSPS) is 17.3. The lowest BCUT2D eigenvalue weighted by atomic mass is 10.0. The summed E-state index contributed by atoms with van der Waals surface area (Å²) in [6, 6.07) is 0.745. The van der Waals surface area contributed by atoms with E-state index in [2.05, 4.69) is 68.4 Å². The zero-order valence-electron chi connectivity index (χ0n) is 31.4. The van der Waals surface area contributed by atoms with Gasteiger partial charge in [-0.2, -0.15) is 0 Å². The molecule has 2 aromatic heterocycles. The zero-order valence-corrected chi connectivity index (χ0v) is 36.2. The standard InChI is InChI=1S/C18H14Br2F2N4O4.C18H15BrF2N4O4/c1-25-13-7(5-23-15-10(13)18(19,20)16(27)24-15)6-26(17(25)28)14-11(21)8(29-2)4-9(30-3)12(14)22;1-24-14-7(5-22-16-10(14)11(19)17(26)23-16)6-25(18(24)27)15-12(20)8(28-2)4-9(29-3)13(15)21/h4-5H,6H2,1-3H3,(H,23,24,27);4-5,11H,6H2,1-3H3,(H,22,23,26). The van der Waals surface area contributed by atoms with E-state index in [-0.39, 0.29) is 47.8 Å². The molecular weight excluding hydrogens is 988 g/mol. The fraction of sp³-hybridized carbons (Fsp3) is 0.278. The molecule has 310 valence electrons. The summed E-state index contributed by atoms with van der Waals surface area (Å²) in [6.45, 7) is -0.343. The monoisotopic (exact) mass is 1010 g/mol. The Balaban J connectivity index is 0.000000179. The molecule has 0 saturated heterocycles. The first-order chi connectivity index (χ1) is 27.9. The molecule has 1 atom stereocenters. The Morgan fingerprint density at radius 2 is 1.07 bits per heavy atom. The summed E-state index contributed by atoms with van der Waals surface area (Å²) in [6.07, 6.45) is 2.90. The summed E-state index contributed by atoms with van der Waals surface area (Å²) in [5.74, 6) is -5.30. The third-order valence-electron chi connectivity index (χ3n) is 9.85. The van der Waals surface area contributed by atoms with Gasteiger partial charge in [0.15, 0.2) is 49.5 Å². The number of carbonyl (C=O) groups is 4. The van der Waals surface area contributed by atoms with Crippen molar-refractivity contribution >= 4 is 106 Å². The van der Waals surface area contributed by atoms with E-state index in [1.54, 1.807) is 0 Å². The van der Waals surface area contributed by atoms with Crippen molar-refractivity contribution in [2.75, 3.05) is 72.8 Å². The largest absolute Gasteiger partial charge is 0.493 e. The lowest BCUT2D eigenvalue weighted by molar-refractivity contribution is -0.116. The molecule has 0 saturated carbocycles. The van der Waals surface area contributed by atoms with Crippen LogP contribution in [-0.2, 0) is 25.9 Å². The number of benzene rings is 2. The number of pyridine rings is 2. The Morgan fingerprint density at radius 1 is 0.661 bits per heavy atom. The van der Waals surface area contributed by atoms with Crippen LogP contribution in [0.15, 0.2) is 24.5 Å². The molecule has 59 heavy (non-hydrogen) atoms. The number of hydrogen-bond donors (Lipinski definition) is 2. The van der Waals surface area contributed by atoms with Crippen LogP contribution >= 0.6 is 47.8 Å². The number of nitrogens with one attached hydrogen (secondary N) is 2. The quantitative estimate of drug-likeness (QED) is 0.149. The lowest BCUT2D eigenvalue weighted by Gasteiger charge is -2.37. The minimum Gasteiger partial charge on any atom is -0.493 e. The molecule has 0 radical (unpaired) electrons. The molecule has 4 aliphatic rings. The molecule has 1 unspecified atom stereocenters. The van der Waals surface area contributed by atoms with Crippen LogP contribution in [0.1, 0.15) is 27.1 Å². The zero-order chi connectivity index (χ0) is 43.0. The summed E-state index contributed by atoms with van der Waals surface area (Å²) < 4.78 is 78.4. The van der Waals surface area contributed by atoms with Gasteiger partial charge in [-0.3, -0.25) is 29.2 Å². The molecule has 0 spiro atoms. The number of hydrogen-bond acceptors (Lipinski definition) is 10. The molecule has 4 aliphatic heterocycles. The van der Waals surface area contributed by atoms with Gasteiger partial charge in [0.25, 0.3) is 5.91 Å². The van der Waals surface area contributed by atoms with E-state index in [4.69, 9.17) is 18.9 Å². The van der Waals surface area contributed by atoms with Crippen molar-refractivity contribution in [3.63, 3.8) is 0 Å². The second kappa shape index (κ2) is 15.3. The van der Waals surface area contributed by atoms with E-state index in [9.17, 15) is 36.7 Å². The number of nitrogens with zero attached hydrogens (tertiary/aromatic N) is 6. The highest BCUT2D eigenvalue weighted by molar-refractivity contribution is 9.25. The number of rotatable bonds is 6. The van der Waals surface area contributed by atoms with Gasteiger partial charge in [-0.15, -0.1) is 0 Å². The smallest absolute Gasteiger partial charge is 0.329 e. The van der Waals surface area contributed by atoms with E-state index in [1.165, 1.54) is 64.7 Å². The number of carbonyl (C=O) groups excluding carboxylic acids is 4. The highest BCUT2D eigenvalue weighted by Gasteiger charge is 2.49. The van der Waals surface area contributed by atoms with Crippen molar-refractivity contribution in [1.82, 2.24) is 9.97 Å². The predicted octanol–water partition coefficient (Wildman–Crippen LogP) is 7.19. The number of fused-ring (bicyclic) bond motifs is 6. The molecule has 0 fully saturated rings. The van der Waals surface area contributed by atoms with Crippen LogP contribution in [0, 0.1) is 23.3 Å². The Kier molecular flexibility index (Phi) is 10.8. The number of amides is 6. The third kappa shape index (κ3) is 6.44. The Hall–Kier alpha value is -5.42. The van der Waals surface area contributed by atoms with Crippen molar-refractivity contribution < 1.29 is 55.7 Å². The predicted molar refractivity (Wildman–Crippen MR) is 216 cm³/mol. The fourth-order valence-electron chi connectivity index (χ4n) is 7.05. The maximum atomic E-state index is 15.0. The van der Waals surface area contributed by atoms with Crippen molar-refractivity contribution in [1.29, 1.82) is 0 Å². The van der Waals surface area contributed by atoms with Crippen molar-refractivity contribution in [3.8, 4) is 23.0 Å². The molecule has 4 aromatic rings. The Morgan fingerprint density at radius 3 is 1.51 bits per heavy atom. The topological polar surface area (TPSA) is 168 Å². The van der Waals surface area contributed by atoms with Gasteiger partial charge in [-0.1, -0.05) is 47.8 Å². The lowest BCUT2D eigenvalue weighted by Crippen LogP contribution is -2.47. The summed E-state index contributed by atoms with van der Waals surface area (Å²) in [5, 5.41) is 5.24. The summed E-state index contributed by atoms with van der Waals surface area (Å²) >= 11 is 9.92. The highest BCUT2D eigenvalue weighted by Crippen LogP contribution is 2.53. The molecule has 6 amide bonds. The maximum Gasteiger partial charge on any atom is 0.329 e.